The monoisotopic (exact) mass is 164 g/mol. The number of aliphatic hydroxyl groups is 4. The summed E-state index contributed by atoms with van der Waals surface area (Å²) in [5.74, 6) is -0.842. The number of hydrogen-bond donors (Lipinski definition) is 4. The van der Waals surface area contributed by atoms with Crippen molar-refractivity contribution in [2.75, 3.05) is 13.2 Å². The Hall–Kier alpha value is -0.490. The smallest absolute Gasteiger partial charge is 0.189 e. The predicted octanol–water partition coefficient (Wildman–Crippen LogP) is -2.35. The molecule has 0 aromatic heterocycles. The lowest BCUT2D eigenvalue weighted by atomic mass is 10.1. The van der Waals surface area contributed by atoms with Crippen molar-refractivity contribution in [3.8, 4) is 0 Å². The molecule has 0 aliphatic heterocycles. The SMILES string of the molecule is O=C(CO)[C@H](O)[C@H](O)CCO. The zero-order valence-corrected chi connectivity index (χ0v) is 5.97. The summed E-state index contributed by atoms with van der Waals surface area (Å²) < 4.78 is 0. The Kier molecular flexibility index (Phi) is 4.97. The predicted molar refractivity (Wildman–Crippen MR) is 35.8 cm³/mol. The zero-order valence-electron chi connectivity index (χ0n) is 5.97. The molecule has 0 fully saturated rings. The van der Waals surface area contributed by atoms with Gasteiger partial charge >= 0.3 is 0 Å². The Morgan fingerprint density at radius 2 is 1.82 bits per heavy atom. The number of carbonyl (C=O) groups excluding carboxylic acids is 1. The van der Waals surface area contributed by atoms with E-state index in [0.717, 1.165) is 0 Å². The van der Waals surface area contributed by atoms with Gasteiger partial charge in [-0.25, -0.2) is 0 Å². The summed E-state index contributed by atoms with van der Waals surface area (Å²) in [5, 5.41) is 34.3. The van der Waals surface area contributed by atoms with Crippen molar-refractivity contribution in [3.05, 3.63) is 0 Å². The van der Waals surface area contributed by atoms with Gasteiger partial charge in [-0.15, -0.1) is 0 Å². The normalized spacial score (nSPS) is 16.0. The third-order valence-corrected chi connectivity index (χ3v) is 1.28. The molecule has 5 nitrogen and oxygen atoms in total. The van der Waals surface area contributed by atoms with E-state index >= 15 is 0 Å². The second-order valence-corrected chi connectivity index (χ2v) is 2.15. The van der Waals surface area contributed by atoms with E-state index in [1.165, 1.54) is 0 Å². The van der Waals surface area contributed by atoms with E-state index in [9.17, 15) is 4.79 Å². The minimum Gasteiger partial charge on any atom is -0.396 e. The van der Waals surface area contributed by atoms with Crippen LogP contribution < -0.4 is 0 Å². The molecule has 66 valence electrons. The summed E-state index contributed by atoms with van der Waals surface area (Å²) >= 11 is 0. The molecule has 0 heterocycles. The Balaban J connectivity index is 3.80. The Labute approximate surface area is 63.9 Å². The van der Waals surface area contributed by atoms with Crippen LogP contribution >= 0.6 is 0 Å². The molecule has 0 unspecified atom stereocenters. The van der Waals surface area contributed by atoms with Crippen LogP contribution in [0.4, 0.5) is 0 Å². The van der Waals surface area contributed by atoms with Gasteiger partial charge in [-0.1, -0.05) is 0 Å². The molecule has 0 amide bonds. The fourth-order valence-electron chi connectivity index (χ4n) is 0.598. The maximum absolute atomic E-state index is 10.5. The maximum Gasteiger partial charge on any atom is 0.189 e. The van der Waals surface area contributed by atoms with Crippen LogP contribution in [0.2, 0.25) is 0 Å². The second-order valence-electron chi connectivity index (χ2n) is 2.15. The summed E-state index contributed by atoms with van der Waals surface area (Å²) in [7, 11) is 0. The number of aliphatic hydroxyl groups excluding tert-OH is 4. The van der Waals surface area contributed by atoms with Gasteiger partial charge in [0.1, 0.15) is 12.7 Å². The number of hydrogen-bond acceptors (Lipinski definition) is 5. The summed E-state index contributed by atoms with van der Waals surface area (Å²) in [6.45, 7) is -1.11. The van der Waals surface area contributed by atoms with Crippen LogP contribution in [0.15, 0.2) is 0 Å². The fourth-order valence-corrected chi connectivity index (χ4v) is 0.598. The molecule has 0 spiro atoms. The molecule has 4 N–H and O–H groups in total. The topological polar surface area (TPSA) is 98.0 Å². The van der Waals surface area contributed by atoms with Crippen LogP contribution in [-0.4, -0.2) is 51.6 Å². The standard InChI is InChI=1S/C6H12O5/c7-2-1-4(9)6(11)5(10)3-8/h4,6-9,11H,1-3H2/t4-,6-/m1/s1. The molecule has 0 saturated heterocycles. The average molecular weight is 164 g/mol. The molecule has 0 rings (SSSR count). The minimum absolute atomic E-state index is 0.0765. The third kappa shape index (κ3) is 3.43. The van der Waals surface area contributed by atoms with Gasteiger partial charge in [-0.2, -0.15) is 0 Å². The lowest BCUT2D eigenvalue weighted by Crippen LogP contribution is -2.36. The molecular formula is C6H12O5. The van der Waals surface area contributed by atoms with E-state index in [1.807, 2.05) is 0 Å². The quantitative estimate of drug-likeness (QED) is 0.365. The number of carbonyl (C=O) groups is 1. The minimum atomic E-state index is -1.59. The van der Waals surface area contributed by atoms with E-state index in [4.69, 9.17) is 20.4 Å². The van der Waals surface area contributed by atoms with Crippen LogP contribution in [0.25, 0.3) is 0 Å². The van der Waals surface area contributed by atoms with Crippen LogP contribution in [0, 0.1) is 0 Å². The number of ketones is 1. The Morgan fingerprint density at radius 3 is 2.18 bits per heavy atom. The van der Waals surface area contributed by atoms with Crippen molar-refractivity contribution in [3.63, 3.8) is 0 Å². The van der Waals surface area contributed by atoms with Crippen LogP contribution in [0.5, 0.6) is 0 Å². The molecule has 0 aromatic carbocycles. The van der Waals surface area contributed by atoms with Crippen LogP contribution in [0.1, 0.15) is 6.42 Å². The first-order valence-electron chi connectivity index (χ1n) is 3.24. The summed E-state index contributed by atoms with van der Waals surface area (Å²) in [6.07, 6.45) is -2.96. The van der Waals surface area contributed by atoms with E-state index in [1.54, 1.807) is 0 Å². The number of rotatable bonds is 5. The Bertz CT molecular complexity index is 124. The molecular weight excluding hydrogens is 152 g/mol. The largest absolute Gasteiger partial charge is 0.396 e. The molecule has 5 heteroatoms. The first-order chi connectivity index (χ1) is 5.13. The molecule has 0 bridgehead atoms. The molecule has 0 saturated carbocycles. The van der Waals surface area contributed by atoms with Crippen molar-refractivity contribution >= 4 is 5.78 Å². The summed E-state index contributed by atoms with van der Waals surface area (Å²) in [5.41, 5.74) is 0. The average Bonchev–Trinajstić information content (AvgIpc) is 2.02. The van der Waals surface area contributed by atoms with Crippen molar-refractivity contribution in [2.45, 2.75) is 18.6 Å². The van der Waals surface area contributed by atoms with E-state index < -0.39 is 24.6 Å². The lowest BCUT2D eigenvalue weighted by Gasteiger charge is -2.13. The van der Waals surface area contributed by atoms with Gasteiger partial charge in [0, 0.05) is 6.61 Å². The molecule has 0 aliphatic carbocycles. The van der Waals surface area contributed by atoms with E-state index in [-0.39, 0.29) is 13.0 Å². The highest BCUT2D eigenvalue weighted by Gasteiger charge is 2.22. The van der Waals surface area contributed by atoms with Crippen LogP contribution in [0.3, 0.4) is 0 Å². The van der Waals surface area contributed by atoms with E-state index in [0.29, 0.717) is 0 Å². The zero-order chi connectivity index (χ0) is 8.85. The summed E-state index contributed by atoms with van der Waals surface area (Å²) in [6, 6.07) is 0. The highest BCUT2D eigenvalue weighted by molar-refractivity contribution is 5.84. The third-order valence-electron chi connectivity index (χ3n) is 1.28. The molecule has 0 aliphatic rings. The molecule has 0 aromatic rings. The van der Waals surface area contributed by atoms with Gasteiger partial charge in [0.15, 0.2) is 5.78 Å². The van der Waals surface area contributed by atoms with Crippen molar-refractivity contribution < 1.29 is 25.2 Å². The lowest BCUT2D eigenvalue weighted by molar-refractivity contribution is -0.136. The van der Waals surface area contributed by atoms with Gasteiger partial charge in [0.2, 0.25) is 0 Å². The van der Waals surface area contributed by atoms with Crippen molar-refractivity contribution in [1.29, 1.82) is 0 Å². The van der Waals surface area contributed by atoms with Gasteiger partial charge < -0.3 is 20.4 Å². The second kappa shape index (κ2) is 5.20. The molecule has 2 atom stereocenters. The van der Waals surface area contributed by atoms with Gasteiger partial charge in [0.05, 0.1) is 6.10 Å². The first-order valence-corrected chi connectivity index (χ1v) is 3.24. The number of Topliss-reactive ketones (excluding diaryl/α,β-unsaturated/α-hetero) is 1. The maximum atomic E-state index is 10.5. The first kappa shape index (κ1) is 10.5. The van der Waals surface area contributed by atoms with Crippen molar-refractivity contribution in [2.24, 2.45) is 0 Å². The summed E-state index contributed by atoms with van der Waals surface area (Å²) in [4.78, 5) is 10.5. The van der Waals surface area contributed by atoms with Gasteiger partial charge in [-0.05, 0) is 6.42 Å². The fraction of sp³-hybridized carbons (Fsp3) is 0.833. The van der Waals surface area contributed by atoms with E-state index in [2.05, 4.69) is 0 Å². The Morgan fingerprint density at radius 1 is 1.27 bits per heavy atom. The molecule has 0 radical (unpaired) electrons. The van der Waals surface area contributed by atoms with Gasteiger partial charge in [-0.3, -0.25) is 4.79 Å². The highest BCUT2D eigenvalue weighted by atomic mass is 16.3. The highest BCUT2D eigenvalue weighted by Crippen LogP contribution is 1.98. The molecule has 11 heavy (non-hydrogen) atoms. The van der Waals surface area contributed by atoms with Gasteiger partial charge in [0.25, 0.3) is 0 Å². The van der Waals surface area contributed by atoms with Crippen LogP contribution in [-0.2, 0) is 4.79 Å². The van der Waals surface area contributed by atoms with Crippen molar-refractivity contribution in [1.82, 2.24) is 0 Å².